The number of amides is 2. The molecule has 0 saturated carbocycles. The van der Waals surface area contributed by atoms with Crippen LogP contribution in [0.5, 0.6) is 0 Å². The molecule has 0 aliphatic rings. The maximum atomic E-state index is 12.4. The number of hydrogen-bond donors (Lipinski definition) is 1. The maximum absolute atomic E-state index is 12.4. The summed E-state index contributed by atoms with van der Waals surface area (Å²) in [7, 11) is 1.75. The van der Waals surface area contributed by atoms with Gasteiger partial charge in [-0.25, -0.2) is 9.78 Å². The van der Waals surface area contributed by atoms with Crippen molar-refractivity contribution in [1.82, 2.24) is 19.8 Å². The van der Waals surface area contributed by atoms with Crippen LogP contribution in [-0.2, 0) is 13.1 Å². The molecule has 130 valence electrons. The number of carbonyl (C=O) groups excluding carboxylic acids is 1. The first-order chi connectivity index (χ1) is 12.1. The van der Waals surface area contributed by atoms with Crippen LogP contribution in [-0.4, -0.2) is 27.5 Å². The van der Waals surface area contributed by atoms with Crippen LogP contribution in [0.25, 0.3) is 0 Å². The second kappa shape index (κ2) is 7.70. The van der Waals surface area contributed by atoms with Crippen LogP contribution in [0, 0.1) is 0 Å². The summed E-state index contributed by atoms with van der Waals surface area (Å²) in [6, 6.07) is 13.5. The Bertz CT molecular complexity index is 796. The number of carbonyl (C=O) groups is 1. The molecule has 0 radical (unpaired) electrons. The third kappa shape index (κ3) is 4.09. The number of rotatable bonds is 6. The molecule has 0 bridgehead atoms. The molecular weight excluding hydrogens is 316 g/mol. The summed E-state index contributed by atoms with van der Waals surface area (Å²) >= 11 is 0. The van der Waals surface area contributed by atoms with Crippen LogP contribution >= 0.6 is 0 Å². The van der Waals surface area contributed by atoms with Crippen LogP contribution in [0.4, 0.5) is 4.79 Å². The van der Waals surface area contributed by atoms with Crippen molar-refractivity contribution in [2.45, 2.75) is 26.1 Å². The van der Waals surface area contributed by atoms with Crippen molar-refractivity contribution < 1.29 is 9.21 Å². The van der Waals surface area contributed by atoms with Gasteiger partial charge in [0.25, 0.3) is 0 Å². The van der Waals surface area contributed by atoms with Gasteiger partial charge in [0.2, 0.25) is 0 Å². The summed E-state index contributed by atoms with van der Waals surface area (Å²) in [6.45, 7) is 3.02. The Kier molecular flexibility index (Phi) is 5.18. The van der Waals surface area contributed by atoms with E-state index in [1.807, 2.05) is 48.0 Å². The van der Waals surface area contributed by atoms with Crippen molar-refractivity contribution in [1.29, 1.82) is 0 Å². The molecular formula is C19H22N4O2. The number of hydrogen-bond acceptors (Lipinski definition) is 3. The van der Waals surface area contributed by atoms with Crippen molar-refractivity contribution in [3.05, 3.63) is 78.3 Å². The highest BCUT2D eigenvalue weighted by Crippen LogP contribution is 2.18. The van der Waals surface area contributed by atoms with E-state index < -0.39 is 0 Å². The monoisotopic (exact) mass is 338 g/mol. The summed E-state index contributed by atoms with van der Waals surface area (Å²) in [6.07, 6.45) is 5.28. The molecule has 1 aromatic carbocycles. The highest BCUT2D eigenvalue weighted by Gasteiger charge is 2.19. The van der Waals surface area contributed by atoms with Gasteiger partial charge in [0.15, 0.2) is 0 Å². The van der Waals surface area contributed by atoms with E-state index in [-0.39, 0.29) is 12.1 Å². The molecule has 0 fully saturated rings. The van der Waals surface area contributed by atoms with E-state index in [2.05, 4.69) is 22.4 Å². The van der Waals surface area contributed by atoms with E-state index >= 15 is 0 Å². The third-order valence-corrected chi connectivity index (χ3v) is 4.25. The smallest absolute Gasteiger partial charge is 0.318 e. The van der Waals surface area contributed by atoms with Crippen molar-refractivity contribution in [2.75, 3.05) is 7.05 Å². The lowest BCUT2D eigenvalue weighted by atomic mass is 10.2. The first-order valence-electron chi connectivity index (χ1n) is 8.23. The number of aromatic nitrogens is 2. The minimum atomic E-state index is -0.168. The zero-order chi connectivity index (χ0) is 17.6. The Labute approximate surface area is 147 Å². The number of benzene rings is 1. The van der Waals surface area contributed by atoms with Crippen molar-refractivity contribution in [3.8, 4) is 0 Å². The zero-order valence-corrected chi connectivity index (χ0v) is 14.4. The topological polar surface area (TPSA) is 63.3 Å². The molecule has 6 heteroatoms. The van der Waals surface area contributed by atoms with Crippen LogP contribution < -0.4 is 5.32 Å². The second-order valence-electron chi connectivity index (χ2n) is 5.92. The highest BCUT2D eigenvalue weighted by molar-refractivity contribution is 5.74. The molecule has 0 spiro atoms. The van der Waals surface area contributed by atoms with E-state index in [0.717, 1.165) is 18.1 Å². The number of imidazole rings is 1. The van der Waals surface area contributed by atoms with Crippen molar-refractivity contribution in [2.24, 2.45) is 0 Å². The molecule has 1 N–H and O–H groups in total. The average molecular weight is 338 g/mol. The quantitative estimate of drug-likeness (QED) is 0.749. The normalized spacial score (nSPS) is 11.9. The van der Waals surface area contributed by atoms with Gasteiger partial charge < -0.3 is 19.2 Å². The number of furan rings is 1. The van der Waals surface area contributed by atoms with E-state index in [0.29, 0.717) is 6.54 Å². The van der Waals surface area contributed by atoms with E-state index in [9.17, 15) is 4.79 Å². The van der Waals surface area contributed by atoms with Crippen LogP contribution in [0.2, 0.25) is 0 Å². The summed E-state index contributed by atoms with van der Waals surface area (Å²) in [4.78, 5) is 18.3. The lowest BCUT2D eigenvalue weighted by Crippen LogP contribution is -2.38. The largest absolute Gasteiger partial charge is 0.467 e. The molecule has 3 aromatic rings. The fourth-order valence-electron chi connectivity index (χ4n) is 2.61. The molecule has 0 unspecified atom stereocenters. The molecule has 25 heavy (non-hydrogen) atoms. The number of urea groups is 1. The number of nitrogens with one attached hydrogen (secondary N) is 1. The second-order valence-corrected chi connectivity index (χ2v) is 5.92. The Morgan fingerprint density at radius 2 is 2.08 bits per heavy atom. The molecule has 0 aliphatic heterocycles. The third-order valence-electron chi connectivity index (χ3n) is 4.25. The maximum Gasteiger partial charge on any atom is 0.318 e. The predicted molar refractivity (Wildman–Crippen MR) is 94.9 cm³/mol. The van der Waals surface area contributed by atoms with Crippen molar-refractivity contribution >= 4 is 6.03 Å². The zero-order valence-electron chi connectivity index (χ0n) is 14.4. The molecule has 0 saturated heterocycles. The lowest BCUT2D eigenvalue weighted by molar-refractivity contribution is 0.186. The summed E-state index contributed by atoms with van der Waals surface area (Å²) in [5.41, 5.74) is 1.19. The average Bonchev–Trinajstić information content (AvgIpc) is 3.31. The molecule has 2 heterocycles. The van der Waals surface area contributed by atoms with Gasteiger partial charge in [0.05, 0.1) is 18.8 Å². The van der Waals surface area contributed by atoms with E-state index in [4.69, 9.17) is 4.42 Å². The first kappa shape index (κ1) is 16.8. The molecule has 0 aliphatic carbocycles. The van der Waals surface area contributed by atoms with Crippen LogP contribution in [0.3, 0.4) is 0 Å². The fraction of sp³-hybridized carbons (Fsp3) is 0.263. The van der Waals surface area contributed by atoms with Gasteiger partial charge in [-0.15, -0.1) is 0 Å². The summed E-state index contributed by atoms with van der Waals surface area (Å²) < 4.78 is 7.40. The van der Waals surface area contributed by atoms with Gasteiger partial charge in [-0.05, 0) is 24.6 Å². The summed E-state index contributed by atoms with van der Waals surface area (Å²) in [5, 5.41) is 2.92. The van der Waals surface area contributed by atoms with E-state index in [1.165, 1.54) is 5.56 Å². The van der Waals surface area contributed by atoms with E-state index in [1.54, 1.807) is 24.4 Å². The van der Waals surface area contributed by atoms with Crippen LogP contribution in [0.1, 0.15) is 30.1 Å². The van der Waals surface area contributed by atoms with Crippen LogP contribution in [0.15, 0.2) is 65.5 Å². The SMILES string of the molecule is C[C@H](c1ccco1)N(C)C(=O)NCc1nccn1Cc1ccccc1. The standard InChI is InChI=1S/C19H22N4O2/c1-15(17-9-6-12-25-17)22(2)19(24)21-13-18-20-10-11-23(18)14-16-7-4-3-5-8-16/h3-12,15H,13-14H2,1-2H3,(H,21,24)/t15-/m1/s1. The Morgan fingerprint density at radius 1 is 1.28 bits per heavy atom. The minimum Gasteiger partial charge on any atom is -0.467 e. The Balaban J connectivity index is 1.58. The van der Waals surface area contributed by atoms with Gasteiger partial charge in [-0.1, -0.05) is 30.3 Å². The molecule has 6 nitrogen and oxygen atoms in total. The van der Waals surface area contributed by atoms with Gasteiger partial charge in [0, 0.05) is 26.0 Å². The molecule has 3 rings (SSSR count). The summed E-state index contributed by atoms with van der Waals surface area (Å²) in [5.74, 6) is 1.57. The Morgan fingerprint density at radius 3 is 2.80 bits per heavy atom. The van der Waals surface area contributed by atoms with Gasteiger partial charge >= 0.3 is 6.03 Å². The minimum absolute atomic E-state index is 0.140. The van der Waals surface area contributed by atoms with Gasteiger partial charge in [-0.2, -0.15) is 0 Å². The highest BCUT2D eigenvalue weighted by atomic mass is 16.3. The van der Waals surface area contributed by atoms with Gasteiger partial charge in [-0.3, -0.25) is 0 Å². The lowest BCUT2D eigenvalue weighted by Gasteiger charge is -2.23. The first-order valence-corrected chi connectivity index (χ1v) is 8.23. The Hall–Kier alpha value is -3.02. The van der Waals surface area contributed by atoms with Gasteiger partial charge in [0.1, 0.15) is 11.6 Å². The predicted octanol–water partition coefficient (Wildman–Crippen LogP) is 3.43. The number of nitrogens with zero attached hydrogens (tertiary/aromatic N) is 3. The van der Waals surface area contributed by atoms with Crippen molar-refractivity contribution in [3.63, 3.8) is 0 Å². The fourth-order valence-corrected chi connectivity index (χ4v) is 2.61. The molecule has 1 atom stereocenters. The molecule has 2 amide bonds. The molecule has 2 aromatic heterocycles.